The number of benzene rings is 4. The molecule has 0 saturated carbocycles. The van der Waals surface area contributed by atoms with Crippen molar-refractivity contribution in [1.29, 1.82) is 0 Å². The first-order valence-electron chi connectivity index (χ1n) is 11.7. The average molecular weight is 434 g/mol. The van der Waals surface area contributed by atoms with Gasteiger partial charge < -0.3 is 9.47 Å². The van der Waals surface area contributed by atoms with Crippen molar-refractivity contribution in [2.24, 2.45) is 0 Å². The smallest absolute Gasteiger partial charge is 0.118 e. The van der Waals surface area contributed by atoms with Crippen LogP contribution in [0.15, 0.2) is 115 Å². The molecule has 1 unspecified atom stereocenters. The second kappa shape index (κ2) is 8.99. The highest BCUT2D eigenvalue weighted by atomic mass is 16.5. The molecule has 1 aliphatic carbocycles. The normalized spacial score (nSPS) is 19.5. The van der Waals surface area contributed by atoms with Crippen LogP contribution in [0.4, 0.5) is 0 Å². The zero-order chi connectivity index (χ0) is 23.6. The van der Waals surface area contributed by atoms with Gasteiger partial charge in [0.1, 0.15) is 11.5 Å². The van der Waals surface area contributed by atoms with Crippen LogP contribution in [0.5, 0.6) is 11.5 Å². The van der Waals surface area contributed by atoms with Gasteiger partial charge in [0.2, 0.25) is 0 Å². The molecular weight excluding hydrogens is 404 g/mol. The molecular formula is C31H28O2. The third-order valence-corrected chi connectivity index (χ3v) is 6.62. The van der Waals surface area contributed by atoms with E-state index < -0.39 is 11.3 Å². The summed E-state index contributed by atoms with van der Waals surface area (Å²) in [5.74, 6) is 0.515. The summed E-state index contributed by atoms with van der Waals surface area (Å²) in [5, 5.41) is 0. The van der Waals surface area contributed by atoms with Crippen LogP contribution in [0, 0.1) is 0 Å². The van der Waals surface area contributed by atoms with Crippen molar-refractivity contribution in [1.82, 2.24) is 0 Å². The van der Waals surface area contributed by atoms with E-state index in [0.29, 0.717) is 0 Å². The lowest BCUT2D eigenvalue weighted by atomic mass is 9.63. The number of allylic oxidation sites excluding steroid dienone is 2. The first-order valence-corrected chi connectivity index (χ1v) is 11.2. The topological polar surface area (TPSA) is 18.5 Å². The molecule has 0 N–H and O–H groups in total. The zero-order valence-corrected chi connectivity index (χ0v) is 19.0. The van der Waals surface area contributed by atoms with Crippen molar-refractivity contribution in [2.75, 3.05) is 14.2 Å². The van der Waals surface area contributed by atoms with Crippen LogP contribution in [-0.4, -0.2) is 14.2 Å². The molecule has 0 amide bonds. The predicted molar refractivity (Wildman–Crippen MR) is 135 cm³/mol. The summed E-state index contributed by atoms with van der Waals surface area (Å²) in [7, 11) is 3.34. The van der Waals surface area contributed by atoms with Crippen molar-refractivity contribution in [3.8, 4) is 11.5 Å². The third kappa shape index (κ3) is 3.72. The van der Waals surface area contributed by atoms with Gasteiger partial charge in [-0.2, -0.15) is 0 Å². The zero-order valence-electron chi connectivity index (χ0n) is 20.0. The number of hydrogen-bond acceptors (Lipinski definition) is 2. The maximum Gasteiger partial charge on any atom is 0.118 e. The predicted octanol–water partition coefficient (Wildman–Crippen LogP) is 7.26. The molecule has 0 aliphatic heterocycles. The second-order valence-electron chi connectivity index (χ2n) is 8.29. The maximum atomic E-state index is 10.4. The third-order valence-electron chi connectivity index (χ3n) is 6.62. The summed E-state index contributed by atoms with van der Waals surface area (Å²) in [6.07, 6.45) is 2.97. The van der Waals surface area contributed by atoms with Crippen molar-refractivity contribution in [2.45, 2.75) is 17.7 Å². The van der Waals surface area contributed by atoms with E-state index in [1.807, 2.05) is 48.5 Å². The van der Waals surface area contributed by atoms with Crippen LogP contribution in [0.3, 0.4) is 0 Å². The summed E-state index contributed by atoms with van der Waals surface area (Å²) in [6, 6.07) is 37.0. The minimum atomic E-state index is -1.07. The van der Waals surface area contributed by atoms with Gasteiger partial charge in [-0.3, -0.25) is 0 Å². The van der Waals surface area contributed by atoms with Crippen molar-refractivity contribution in [3.05, 3.63) is 138 Å². The minimum absolute atomic E-state index is 0.598. The van der Waals surface area contributed by atoms with E-state index in [9.17, 15) is 1.37 Å². The summed E-state index contributed by atoms with van der Waals surface area (Å²) >= 11 is 0. The van der Waals surface area contributed by atoms with Crippen LogP contribution < -0.4 is 9.47 Å². The van der Waals surface area contributed by atoms with Gasteiger partial charge in [0, 0.05) is 12.7 Å². The lowest BCUT2D eigenvalue weighted by Crippen LogP contribution is -2.32. The van der Waals surface area contributed by atoms with Crippen LogP contribution in [0.2, 0.25) is 0 Å². The van der Waals surface area contributed by atoms with Crippen LogP contribution >= 0.6 is 0 Å². The SMILES string of the molecule is [2H]C1(c2ccc(OC)cc2)C(c2ccc(OC)cc2)=CCC1(c1ccccc1)c1ccccc1. The van der Waals surface area contributed by atoms with Crippen molar-refractivity contribution >= 4 is 5.57 Å². The van der Waals surface area contributed by atoms with Gasteiger partial charge in [-0.25, -0.2) is 0 Å². The first-order chi connectivity index (χ1) is 16.6. The summed E-state index contributed by atoms with van der Waals surface area (Å²) < 4.78 is 21.2. The summed E-state index contributed by atoms with van der Waals surface area (Å²) in [6.45, 7) is 0. The Morgan fingerprint density at radius 1 is 0.667 bits per heavy atom. The van der Waals surface area contributed by atoms with E-state index in [0.717, 1.165) is 45.7 Å². The Bertz CT molecular complexity index is 1240. The molecule has 0 heterocycles. The molecule has 0 spiro atoms. The number of methoxy groups -OCH3 is 2. The lowest BCUT2D eigenvalue weighted by molar-refractivity contribution is 0.414. The fourth-order valence-corrected chi connectivity index (χ4v) is 5.02. The van der Waals surface area contributed by atoms with E-state index in [-0.39, 0.29) is 0 Å². The van der Waals surface area contributed by atoms with Gasteiger partial charge in [0.05, 0.1) is 14.2 Å². The van der Waals surface area contributed by atoms with Gasteiger partial charge in [0.15, 0.2) is 0 Å². The minimum Gasteiger partial charge on any atom is -0.497 e. The second-order valence-corrected chi connectivity index (χ2v) is 8.29. The van der Waals surface area contributed by atoms with Crippen LogP contribution in [-0.2, 0) is 5.41 Å². The van der Waals surface area contributed by atoms with E-state index in [1.165, 1.54) is 0 Å². The monoisotopic (exact) mass is 433 g/mol. The molecule has 1 aliphatic rings. The molecule has 164 valence electrons. The summed E-state index contributed by atoms with van der Waals surface area (Å²) in [5.41, 5.74) is 4.62. The lowest BCUT2D eigenvalue weighted by Gasteiger charge is -2.39. The van der Waals surface area contributed by atoms with Gasteiger partial charge in [-0.05, 0) is 58.5 Å². The van der Waals surface area contributed by atoms with Crippen LogP contribution in [0.25, 0.3) is 5.57 Å². The number of hydrogen-bond donors (Lipinski definition) is 0. The molecule has 2 heteroatoms. The highest BCUT2D eigenvalue weighted by molar-refractivity contribution is 5.79. The molecule has 0 radical (unpaired) electrons. The quantitative estimate of drug-likeness (QED) is 0.318. The molecule has 0 aromatic heterocycles. The Labute approximate surface area is 197 Å². The molecule has 0 saturated heterocycles. The van der Waals surface area contributed by atoms with E-state index in [2.05, 4.69) is 66.7 Å². The van der Waals surface area contributed by atoms with Crippen molar-refractivity contribution in [3.63, 3.8) is 0 Å². The highest BCUT2D eigenvalue weighted by Gasteiger charge is 2.47. The van der Waals surface area contributed by atoms with Crippen LogP contribution in [0.1, 0.15) is 35.9 Å². The molecule has 33 heavy (non-hydrogen) atoms. The molecule has 4 aromatic rings. The van der Waals surface area contributed by atoms with Gasteiger partial charge in [-0.1, -0.05) is 91.0 Å². The molecule has 1 atom stereocenters. The fourth-order valence-electron chi connectivity index (χ4n) is 5.02. The van der Waals surface area contributed by atoms with Crippen molar-refractivity contribution < 1.29 is 10.8 Å². The number of ether oxygens (including phenoxy) is 2. The summed E-state index contributed by atoms with van der Waals surface area (Å²) in [4.78, 5) is 0. The number of rotatable bonds is 6. The Kier molecular flexibility index (Phi) is 5.42. The van der Waals surface area contributed by atoms with Gasteiger partial charge >= 0.3 is 0 Å². The Morgan fingerprint density at radius 3 is 1.64 bits per heavy atom. The molecule has 0 fully saturated rings. The Hall–Kier alpha value is -3.78. The Morgan fingerprint density at radius 2 is 1.15 bits per heavy atom. The van der Waals surface area contributed by atoms with E-state index in [4.69, 9.17) is 9.47 Å². The fraction of sp³-hybridized carbons (Fsp3) is 0.161. The van der Waals surface area contributed by atoms with Gasteiger partial charge in [0.25, 0.3) is 0 Å². The molecule has 2 nitrogen and oxygen atoms in total. The molecule has 0 bridgehead atoms. The molecule has 5 rings (SSSR count). The van der Waals surface area contributed by atoms with E-state index in [1.54, 1.807) is 14.2 Å². The Balaban J connectivity index is 1.80. The maximum absolute atomic E-state index is 10.4. The highest BCUT2D eigenvalue weighted by Crippen LogP contribution is 2.57. The first kappa shape index (κ1) is 19.9. The molecule has 4 aromatic carbocycles. The largest absolute Gasteiger partial charge is 0.497 e. The standard InChI is InChI=1S/C31H28O2/c1-32-27-17-13-23(14-18-27)29-21-22-31(25-9-5-3-6-10-25,26-11-7-4-8-12-26)30(29)24-15-19-28(33-2)20-16-24/h3-21,30H,22H2,1-2H3/i30D. The average Bonchev–Trinajstić information content (AvgIpc) is 3.24. The van der Waals surface area contributed by atoms with Gasteiger partial charge in [-0.15, -0.1) is 0 Å². The van der Waals surface area contributed by atoms with E-state index >= 15 is 0 Å².